The van der Waals surface area contributed by atoms with Crippen LogP contribution in [0.5, 0.6) is 0 Å². The first-order valence-corrected chi connectivity index (χ1v) is 6.38. The van der Waals surface area contributed by atoms with Gasteiger partial charge in [-0.05, 0) is 45.8 Å². The Morgan fingerprint density at radius 1 is 1.22 bits per heavy atom. The molecule has 0 radical (unpaired) electrons. The van der Waals surface area contributed by atoms with Crippen molar-refractivity contribution in [2.24, 2.45) is 5.73 Å². The van der Waals surface area contributed by atoms with E-state index in [1.165, 1.54) is 0 Å². The van der Waals surface area contributed by atoms with Gasteiger partial charge in [0.1, 0.15) is 0 Å². The molecule has 4 nitrogen and oxygen atoms in total. The third-order valence-electron chi connectivity index (χ3n) is 4.00. The van der Waals surface area contributed by atoms with Gasteiger partial charge in [-0.25, -0.2) is 0 Å². The Hall–Kier alpha value is -0.0300. The first kappa shape index (κ1) is 18.0. The number of halogens is 2. The second-order valence-corrected chi connectivity index (χ2v) is 5.41. The molecule has 1 amide bonds. The molecule has 0 unspecified atom stereocenters. The highest BCUT2D eigenvalue weighted by Gasteiger charge is 2.37. The van der Waals surface area contributed by atoms with Crippen molar-refractivity contribution in [1.82, 2.24) is 10.2 Å². The molecule has 0 aromatic carbocycles. The molecule has 1 aliphatic carbocycles. The number of carbonyl (C=O) groups is 1. The number of likely N-dealkylation sites (tertiary alicyclic amines) is 1. The van der Waals surface area contributed by atoms with E-state index < -0.39 is 5.54 Å². The van der Waals surface area contributed by atoms with Crippen molar-refractivity contribution < 1.29 is 4.79 Å². The minimum Gasteiger partial charge on any atom is -0.352 e. The van der Waals surface area contributed by atoms with E-state index in [0.717, 1.165) is 51.6 Å². The fourth-order valence-electron chi connectivity index (χ4n) is 2.72. The highest BCUT2D eigenvalue weighted by molar-refractivity contribution is 5.86. The van der Waals surface area contributed by atoms with Gasteiger partial charge in [0.25, 0.3) is 0 Å². The van der Waals surface area contributed by atoms with Gasteiger partial charge in [0.05, 0.1) is 5.54 Å². The molecule has 1 aliphatic heterocycles. The van der Waals surface area contributed by atoms with Crippen LogP contribution in [0.4, 0.5) is 0 Å². The molecule has 0 spiro atoms. The zero-order valence-corrected chi connectivity index (χ0v) is 12.6. The molecule has 0 aromatic rings. The van der Waals surface area contributed by atoms with E-state index in [1.807, 2.05) is 0 Å². The third kappa shape index (κ3) is 4.26. The summed E-state index contributed by atoms with van der Waals surface area (Å²) in [5, 5.41) is 3.13. The van der Waals surface area contributed by atoms with Gasteiger partial charge in [-0.15, -0.1) is 24.8 Å². The summed E-state index contributed by atoms with van der Waals surface area (Å²) in [4.78, 5) is 14.4. The number of rotatable bonds is 2. The van der Waals surface area contributed by atoms with Crippen LogP contribution in [0.3, 0.4) is 0 Å². The van der Waals surface area contributed by atoms with Crippen LogP contribution < -0.4 is 11.1 Å². The van der Waals surface area contributed by atoms with E-state index in [9.17, 15) is 4.79 Å². The number of carbonyl (C=O) groups excluding carboxylic acids is 1. The summed E-state index contributed by atoms with van der Waals surface area (Å²) >= 11 is 0. The molecule has 3 N–H and O–H groups in total. The number of amides is 1. The minimum absolute atomic E-state index is 0. The first-order chi connectivity index (χ1) is 7.60. The van der Waals surface area contributed by atoms with Gasteiger partial charge in [0, 0.05) is 6.04 Å². The molecule has 1 heterocycles. The maximum atomic E-state index is 12.1. The summed E-state index contributed by atoms with van der Waals surface area (Å²) in [6.07, 6.45) is 6.00. The lowest BCUT2D eigenvalue weighted by Gasteiger charge is -2.32. The zero-order valence-electron chi connectivity index (χ0n) is 11.0. The number of piperidine rings is 1. The molecule has 1 saturated carbocycles. The monoisotopic (exact) mass is 297 g/mol. The summed E-state index contributed by atoms with van der Waals surface area (Å²) in [5.74, 6) is 0.0829. The van der Waals surface area contributed by atoms with E-state index in [4.69, 9.17) is 5.73 Å². The van der Waals surface area contributed by atoms with Crippen LogP contribution in [0.2, 0.25) is 0 Å². The Kier molecular flexibility index (Phi) is 7.52. The zero-order chi connectivity index (χ0) is 11.6. The molecule has 0 aromatic heterocycles. The fraction of sp³-hybridized carbons (Fsp3) is 0.917. The molecular formula is C12H25Cl2N3O. The minimum atomic E-state index is -0.566. The van der Waals surface area contributed by atoms with Gasteiger partial charge in [-0.2, -0.15) is 0 Å². The Bertz CT molecular complexity index is 262. The van der Waals surface area contributed by atoms with Crippen LogP contribution in [0.1, 0.15) is 38.5 Å². The summed E-state index contributed by atoms with van der Waals surface area (Å²) < 4.78 is 0. The predicted molar refractivity (Wildman–Crippen MR) is 78.5 cm³/mol. The Morgan fingerprint density at radius 3 is 2.22 bits per heavy atom. The van der Waals surface area contributed by atoms with E-state index in [-0.39, 0.29) is 30.7 Å². The molecule has 18 heavy (non-hydrogen) atoms. The molecule has 6 heteroatoms. The molecule has 2 fully saturated rings. The SMILES string of the molecule is CN1CCC(NC(=O)C2(N)CCCC2)CC1.Cl.Cl. The maximum Gasteiger partial charge on any atom is 0.240 e. The smallest absolute Gasteiger partial charge is 0.240 e. The van der Waals surface area contributed by atoms with Gasteiger partial charge < -0.3 is 16.0 Å². The maximum absolute atomic E-state index is 12.1. The molecule has 2 aliphatic rings. The largest absolute Gasteiger partial charge is 0.352 e. The Balaban J connectivity index is 0.00000144. The summed E-state index contributed by atoms with van der Waals surface area (Å²) in [5.41, 5.74) is 5.56. The highest BCUT2D eigenvalue weighted by atomic mass is 35.5. The van der Waals surface area contributed by atoms with Crippen molar-refractivity contribution in [1.29, 1.82) is 0 Å². The van der Waals surface area contributed by atoms with Crippen molar-refractivity contribution >= 4 is 30.7 Å². The number of nitrogens with one attached hydrogen (secondary N) is 1. The van der Waals surface area contributed by atoms with Crippen LogP contribution >= 0.6 is 24.8 Å². The van der Waals surface area contributed by atoms with Gasteiger partial charge in [-0.1, -0.05) is 12.8 Å². The highest BCUT2D eigenvalue weighted by Crippen LogP contribution is 2.27. The topological polar surface area (TPSA) is 58.4 Å². The van der Waals surface area contributed by atoms with E-state index >= 15 is 0 Å². The average molecular weight is 298 g/mol. The molecule has 0 bridgehead atoms. The Morgan fingerprint density at radius 2 is 1.72 bits per heavy atom. The lowest BCUT2D eigenvalue weighted by Crippen LogP contribution is -2.55. The van der Waals surface area contributed by atoms with E-state index in [0.29, 0.717) is 6.04 Å². The van der Waals surface area contributed by atoms with Crippen LogP contribution in [-0.4, -0.2) is 42.5 Å². The van der Waals surface area contributed by atoms with Crippen LogP contribution in [0, 0.1) is 0 Å². The molecule has 108 valence electrons. The van der Waals surface area contributed by atoms with E-state index in [2.05, 4.69) is 17.3 Å². The van der Waals surface area contributed by atoms with Gasteiger partial charge in [-0.3, -0.25) is 4.79 Å². The molecule has 1 saturated heterocycles. The second kappa shape index (κ2) is 7.53. The standard InChI is InChI=1S/C12H23N3O.2ClH/c1-15-8-4-10(5-9-15)14-11(16)12(13)6-2-3-7-12;;/h10H,2-9,13H2,1H3,(H,14,16);2*1H. The van der Waals surface area contributed by atoms with Crippen molar-refractivity contribution in [2.75, 3.05) is 20.1 Å². The number of nitrogens with zero attached hydrogens (tertiary/aromatic N) is 1. The average Bonchev–Trinajstić information content (AvgIpc) is 2.70. The molecule has 2 rings (SSSR count). The quantitative estimate of drug-likeness (QED) is 0.808. The van der Waals surface area contributed by atoms with Crippen LogP contribution in [0.15, 0.2) is 0 Å². The van der Waals surface area contributed by atoms with Crippen molar-refractivity contribution in [3.05, 3.63) is 0 Å². The lowest BCUT2D eigenvalue weighted by atomic mass is 9.96. The fourth-order valence-corrected chi connectivity index (χ4v) is 2.72. The van der Waals surface area contributed by atoms with Crippen molar-refractivity contribution in [2.45, 2.75) is 50.1 Å². The predicted octanol–water partition coefficient (Wildman–Crippen LogP) is 1.31. The number of hydrogen-bond acceptors (Lipinski definition) is 3. The third-order valence-corrected chi connectivity index (χ3v) is 4.00. The first-order valence-electron chi connectivity index (χ1n) is 6.38. The van der Waals surface area contributed by atoms with Crippen LogP contribution in [-0.2, 0) is 4.79 Å². The number of nitrogens with two attached hydrogens (primary N) is 1. The second-order valence-electron chi connectivity index (χ2n) is 5.41. The normalized spacial score (nSPS) is 23.9. The molecular weight excluding hydrogens is 273 g/mol. The van der Waals surface area contributed by atoms with Gasteiger partial charge in [0.15, 0.2) is 0 Å². The van der Waals surface area contributed by atoms with Crippen molar-refractivity contribution in [3.8, 4) is 0 Å². The van der Waals surface area contributed by atoms with E-state index in [1.54, 1.807) is 0 Å². The summed E-state index contributed by atoms with van der Waals surface area (Å²) in [6.45, 7) is 2.14. The molecule has 0 atom stereocenters. The van der Waals surface area contributed by atoms with Gasteiger partial charge >= 0.3 is 0 Å². The summed E-state index contributed by atoms with van der Waals surface area (Å²) in [7, 11) is 2.12. The van der Waals surface area contributed by atoms with Gasteiger partial charge in [0.2, 0.25) is 5.91 Å². The lowest BCUT2D eigenvalue weighted by molar-refractivity contribution is -0.127. The van der Waals surface area contributed by atoms with Crippen LogP contribution in [0.25, 0.3) is 0 Å². The van der Waals surface area contributed by atoms with Crippen molar-refractivity contribution in [3.63, 3.8) is 0 Å². The summed E-state index contributed by atoms with van der Waals surface area (Å²) in [6, 6.07) is 0.338. The Labute approximate surface area is 122 Å². The number of hydrogen-bond donors (Lipinski definition) is 2.